The molecule has 19 heavy (non-hydrogen) atoms. The first-order valence-corrected chi connectivity index (χ1v) is 7.67. The highest BCUT2D eigenvalue weighted by atomic mass is 32.2. The van der Waals surface area contributed by atoms with Crippen molar-refractivity contribution in [1.82, 2.24) is 5.32 Å². The summed E-state index contributed by atoms with van der Waals surface area (Å²) in [7, 11) is 3.71. The molecule has 1 N–H and O–H groups in total. The van der Waals surface area contributed by atoms with Gasteiger partial charge in [0.15, 0.2) is 0 Å². The van der Waals surface area contributed by atoms with Crippen LogP contribution in [0.2, 0.25) is 0 Å². The van der Waals surface area contributed by atoms with E-state index in [-0.39, 0.29) is 6.04 Å². The second kappa shape index (κ2) is 6.64. The largest absolute Gasteiger partial charge is 0.496 e. The summed E-state index contributed by atoms with van der Waals surface area (Å²) in [5.74, 6) is 0.957. The summed E-state index contributed by atoms with van der Waals surface area (Å²) in [5.41, 5.74) is 1.25. The summed E-state index contributed by atoms with van der Waals surface area (Å²) in [6.45, 7) is 5.20. The van der Waals surface area contributed by atoms with Crippen molar-refractivity contribution in [2.24, 2.45) is 0 Å². The third-order valence-corrected chi connectivity index (χ3v) is 5.23. The monoisotopic (exact) mass is 281 g/mol. The number of ether oxygens (including phenoxy) is 2. The van der Waals surface area contributed by atoms with Gasteiger partial charge in [0.25, 0.3) is 0 Å². The summed E-state index contributed by atoms with van der Waals surface area (Å²) >= 11 is 1.91. The van der Waals surface area contributed by atoms with Gasteiger partial charge in [-0.1, -0.05) is 6.07 Å². The molecule has 0 bridgehead atoms. The highest BCUT2D eigenvalue weighted by Crippen LogP contribution is 2.39. The molecule has 0 saturated carbocycles. The van der Waals surface area contributed by atoms with Gasteiger partial charge in [-0.3, -0.25) is 0 Å². The average Bonchev–Trinajstić information content (AvgIpc) is 2.83. The minimum Gasteiger partial charge on any atom is -0.496 e. The fourth-order valence-electron chi connectivity index (χ4n) is 2.41. The Morgan fingerprint density at radius 2 is 2.26 bits per heavy atom. The van der Waals surface area contributed by atoms with Crippen LogP contribution in [0.1, 0.15) is 31.9 Å². The number of nitrogens with one attached hydrogen (secondary N) is 1. The molecule has 1 fully saturated rings. The number of thioether (sulfide) groups is 1. The minimum absolute atomic E-state index is 0.274. The molecule has 106 valence electrons. The van der Waals surface area contributed by atoms with Crippen molar-refractivity contribution in [3.63, 3.8) is 0 Å². The van der Waals surface area contributed by atoms with Crippen molar-refractivity contribution in [2.75, 3.05) is 20.8 Å². The first-order valence-electron chi connectivity index (χ1n) is 6.79. The summed E-state index contributed by atoms with van der Waals surface area (Å²) in [6, 6.07) is 6.55. The second-order valence-electron chi connectivity index (χ2n) is 4.90. The molecule has 1 saturated heterocycles. The minimum atomic E-state index is 0.274. The maximum atomic E-state index is 5.65. The van der Waals surface area contributed by atoms with Crippen molar-refractivity contribution in [2.45, 2.75) is 42.6 Å². The molecule has 0 aliphatic carbocycles. The van der Waals surface area contributed by atoms with Gasteiger partial charge >= 0.3 is 0 Å². The first kappa shape index (κ1) is 14.7. The van der Waals surface area contributed by atoms with Gasteiger partial charge in [-0.2, -0.15) is 0 Å². The van der Waals surface area contributed by atoms with Crippen LogP contribution in [0, 0.1) is 0 Å². The van der Waals surface area contributed by atoms with E-state index in [0.717, 1.165) is 18.8 Å². The van der Waals surface area contributed by atoms with Crippen LogP contribution >= 0.6 is 11.8 Å². The van der Waals surface area contributed by atoms with Crippen molar-refractivity contribution in [3.8, 4) is 5.75 Å². The Kier molecular flexibility index (Phi) is 5.13. The quantitative estimate of drug-likeness (QED) is 0.897. The number of methoxy groups -OCH3 is 1. The topological polar surface area (TPSA) is 30.5 Å². The molecule has 4 heteroatoms. The van der Waals surface area contributed by atoms with Crippen LogP contribution in [0.25, 0.3) is 0 Å². The molecule has 1 heterocycles. The fourth-order valence-corrected chi connectivity index (χ4v) is 3.78. The fraction of sp³-hybridized carbons (Fsp3) is 0.600. The molecule has 1 aromatic rings. The Morgan fingerprint density at radius 3 is 2.84 bits per heavy atom. The Labute approximate surface area is 120 Å². The predicted octanol–water partition coefficient (Wildman–Crippen LogP) is 3.25. The van der Waals surface area contributed by atoms with E-state index in [9.17, 15) is 0 Å². The normalized spacial score (nSPS) is 24.4. The molecule has 0 amide bonds. The van der Waals surface area contributed by atoms with Crippen LogP contribution in [0.4, 0.5) is 0 Å². The summed E-state index contributed by atoms with van der Waals surface area (Å²) in [5, 5.41) is 3.84. The Hall–Kier alpha value is -0.710. The van der Waals surface area contributed by atoms with Crippen molar-refractivity contribution in [1.29, 1.82) is 0 Å². The van der Waals surface area contributed by atoms with Crippen LogP contribution in [0.3, 0.4) is 0 Å². The highest BCUT2D eigenvalue weighted by Gasteiger charge is 2.27. The van der Waals surface area contributed by atoms with Crippen molar-refractivity contribution in [3.05, 3.63) is 23.8 Å². The van der Waals surface area contributed by atoms with Crippen LogP contribution in [0.5, 0.6) is 5.75 Å². The molecular weight excluding hydrogens is 258 g/mol. The molecule has 1 aliphatic rings. The van der Waals surface area contributed by atoms with E-state index >= 15 is 0 Å². The number of rotatable bonds is 5. The van der Waals surface area contributed by atoms with E-state index in [1.165, 1.54) is 10.5 Å². The molecule has 0 radical (unpaired) electrons. The lowest BCUT2D eigenvalue weighted by atomic mass is 10.1. The molecule has 3 unspecified atom stereocenters. The van der Waals surface area contributed by atoms with Crippen LogP contribution < -0.4 is 10.1 Å². The smallest absolute Gasteiger partial charge is 0.124 e. The maximum absolute atomic E-state index is 5.65. The van der Waals surface area contributed by atoms with Gasteiger partial charge in [-0.25, -0.2) is 0 Å². The van der Waals surface area contributed by atoms with E-state index in [2.05, 4.69) is 31.3 Å². The first-order chi connectivity index (χ1) is 9.17. The van der Waals surface area contributed by atoms with E-state index < -0.39 is 0 Å². The van der Waals surface area contributed by atoms with Crippen LogP contribution in [-0.4, -0.2) is 32.1 Å². The average molecular weight is 281 g/mol. The molecule has 3 atom stereocenters. The molecule has 2 rings (SSSR count). The van der Waals surface area contributed by atoms with Crippen LogP contribution in [0.15, 0.2) is 23.1 Å². The SMILES string of the molecule is CNC(C)c1c(OC)cccc1SC1CCOC1C. The number of hydrogen-bond acceptors (Lipinski definition) is 4. The van der Waals surface area contributed by atoms with Gasteiger partial charge in [0.1, 0.15) is 5.75 Å². The zero-order chi connectivity index (χ0) is 13.8. The van der Waals surface area contributed by atoms with E-state index in [1.807, 2.05) is 24.9 Å². The van der Waals surface area contributed by atoms with Crippen molar-refractivity contribution >= 4 is 11.8 Å². The lowest BCUT2D eigenvalue weighted by Gasteiger charge is -2.21. The third kappa shape index (κ3) is 3.25. The number of benzene rings is 1. The summed E-state index contributed by atoms with van der Waals surface area (Å²) in [4.78, 5) is 1.29. The second-order valence-corrected chi connectivity index (χ2v) is 6.18. The van der Waals surface area contributed by atoms with Gasteiger partial charge in [0.05, 0.1) is 13.2 Å². The summed E-state index contributed by atoms with van der Waals surface area (Å²) in [6.07, 6.45) is 1.45. The van der Waals surface area contributed by atoms with Gasteiger partial charge in [0, 0.05) is 28.4 Å². The predicted molar refractivity (Wildman–Crippen MR) is 80.1 cm³/mol. The Bertz CT molecular complexity index is 425. The van der Waals surface area contributed by atoms with Gasteiger partial charge < -0.3 is 14.8 Å². The molecule has 3 nitrogen and oxygen atoms in total. The zero-order valence-corrected chi connectivity index (χ0v) is 12.9. The number of hydrogen-bond donors (Lipinski definition) is 1. The molecule has 0 aromatic heterocycles. The van der Waals surface area contributed by atoms with E-state index in [4.69, 9.17) is 9.47 Å². The molecule has 1 aliphatic heterocycles. The third-order valence-electron chi connectivity index (χ3n) is 3.70. The summed E-state index contributed by atoms with van der Waals surface area (Å²) < 4.78 is 11.2. The molecule has 1 aromatic carbocycles. The van der Waals surface area contributed by atoms with Crippen LogP contribution in [-0.2, 0) is 4.74 Å². The van der Waals surface area contributed by atoms with E-state index in [1.54, 1.807) is 7.11 Å². The lowest BCUT2D eigenvalue weighted by molar-refractivity contribution is 0.127. The van der Waals surface area contributed by atoms with Crippen molar-refractivity contribution < 1.29 is 9.47 Å². The lowest BCUT2D eigenvalue weighted by Crippen LogP contribution is -2.17. The van der Waals surface area contributed by atoms with E-state index in [0.29, 0.717) is 11.4 Å². The zero-order valence-electron chi connectivity index (χ0n) is 12.1. The van der Waals surface area contributed by atoms with Gasteiger partial charge in [-0.05, 0) is 39.4 Å². The Morgan fingerprint density at radius 1 is 1.47 bits per heavy atom. The molecular formula is C15H23NO2S. The maximum Gasteiger partial charge on any atom is 0.124 e. The van der Waals surface area contributed by atoms with Gasteiger partial charge in [0.2, 0.25) is 0 Å². The van der Waals surface area contributed by atoms with Gasteiger partial charge in [-0.15, -0.1) is 11.8 Å². The molecule has 0 spiro atoms. The standard InChI is InChI=1S/C15H23NO2S/c1-10(16-3)15-12(17-4)6-5-7-14(15)19-13-8-9-18-11(13)2/h5-7,10-11,13,16H,8-9H2,1-4H3. The Balaban J connectivity index is 2.28. The highest BCUT2D eigenvalue weighted by molar-refractivity contribution is 8.00.